The third-order valence-corrected chi connectivity index (χ3v) is 4.04. The van der Waals surface area contributed by atoms with E-state index in [9.17, 15) is 13.6 Å². The Morgan fingerprint density at radius 2 is 2.37 bits per heavy atom. The molecule has 1 aromatic carbocycles. The summed E-state index contributed by atoms with van der Waals surface area (Å²) < 4.78 is 26.6. The Morgan fingerprint density at radius 1 is 1.58 bits per heavy atom. The van der Waals surface area contributed by atoms with E-state index in [1.807, 2.05) is 6.92 Å². The van der Waals surface area contributed by atoms with Gasteiger partial charge >= 0.3 is 0 Å². The summed E-state index contributed by atoms with van der Waals surface area (Å²) >= 11 is 1.65. The molecule has 104 valence electrons. The maximum atomic E-state index is 13.7. The van der Waals surface area contributed by atoms with Crippen LogP contribution < -0.4 is 10.6 Å². The Kier molecular flexibility index (Phi) is 4.76. The number of nitrogens with one attached hydrogen (secondary N) is 2. The Morgan fingerprint density at radius 3 is 2.95 bits per heavy atom. The van der Waals surface area contributed by atoms with Gasteiger partial charge in [-0.05, 0) is 12.5 Å². The first-order valence-electron chi connectivity index (χ1n) is 6.18. The number of thioether (sulfide) groups is 1. The van der Waals surface area contributed by atoms with E-state index in [0.29, 0.717) is 17.7 Å². The summed E-state index contributed by atoms with van der Waals surface area (Å²) in [6.45, 7) is 1.85. The summed E-state index contributed by atoms with van der Waals surface area (Å²) in [4.78, 5) is 12.0. The lowest BCUT2D eigenvalue weighted by Gasteiger charge is -2.20. The van der Waals surface area contributed by atoms with Crippen molar-refractivity contribution in [2.24, 2.45) is 0 Å². The number of amides is 1. The summed E-state index contributed by atoms with van der Waals surface area (Å²) in [5.41, 5.74) is 0.322. The number of carbonyl (C=O) groups excluding carboxylic acids is 1. The predicted octanol–water partition coefficient (Wildman–Crippen LogP) is 2.19. The van der Waals surface area contributed by atoms with Gasteiger partial charge in [0.2, 0.25) is 5.91 Å². The van der Waals surface area contributed by atoms with Crippen molar-refractivity contribution in [3.63, 3.8) is 0 Å². The molecule has 1 saturated heterocycles. The molecule has 0 aromatic heterocycles. The summed E-state index contributed by atoms with van der Waals surface area (Å²) in [5.74, 6) is 0.0892. The molecule has 2 rings (SSSR count). The van der Waals surface area contributed by atoms with Gasteiger partial charge in [0.15, 0.2) is 0 Å². The minimum Gasteiger partial charge on any atom is -0.348 e. The summed E-state index contributed by atoms with van der Waals surface area (Å²) in [6.07, 6.45) is 0.550. The lowest BCUT2D eigenvalue weighted by atomic mass is 10.0. The molecule has 1 amide bonds. The SMILES string of the molecule is CCC(NC(=O)C1CSCN1)c1ccc(F)cc1F. The largest absolute Gasteiger partial charge is 0.348 e. The molecular formula is C13H16F2N2OS. The zero-order valence-electron chi connectivity index (χ0n) is 10.6. The van der Waals surface area contributed by atoms with E-state index >= 15 is 0 Å². The van der Waals surface area contributed by atoms with Crippen LogP contribution in [0.25, 0.3) is 0 Å². The number of hydrogen-bond acceptors (Lipinski definition) is 3. The van der Waals surface area contributed by atoms with Gasteiger partial charge in [0.25, 0.3) is 0 Å². The first kappa shape index (κ1) is 14.3. The van der Waals surface area contributed by atoms with Crippen molar-refractivity contribution in [2.75, 3.05) is 11.6 Å². The summed E-state index contributed by atoms with van der Waals surface area (Å²) in [6, 6.07) is 2.77. The van der Waals surface area contributed by atoms with Gasteiger partial charge in [-0.3, -0.25) is 10.1 Å². The van der Waals surface area contributed by atoms with Crippen LogP contribution in [0.2, 0.25) is 0 Å². The highest BCUT2D eigenvalue weighted by molar-refractivity contribution is 7.99. The van der Waals surface area contributed by atoms with Crippen LogP contribution in [0.3, 0.4) is 0 Å². The molecule has 3 nitrogen and oxygen atoms in total. The van der Waals surface area contributed by atoms with Gasteiger partial charge < -0.3 is 5.32 Å². The number of benzene rings is 1. The molecule has 1 aliphatic heterocycles. The maximum Gasteiger partial charge on any atom is 0.238 e. The van der Waals surface area contributed by atoms with E-state index < -0.39 is 17.7 Å². The van der Waals surface area contributed by atoms with Crippen molar-refractivity contribution in [1.82, 2.24) is 10.6 Å². The standard InChI is InChI=1S/C13H16F2N2OS/c1-2-11(9-4-3-8(14)5-10(9)15)17-13(18)12-6-19-7-16-12/h3-5,11-12,16H,2,6-7H2,1H3,(H,17,18). The molecule has 6 heteroatoms. The molecular weight excluding hydrogens is 270 g/mol. The smallest absolute Gasteiger partial charge is 0.238 e. The minimum absolute atomic E-state index is 0.138. The predicted molar refractivity (Wildman–Crippen MR) is 71.8 cm³/mol. The molecule has 0 saturated carbocycles. The van der Waals surface area contributed by atoms with E-state index in [1.54, 1.807) is 11.8 Å². The minimum atomic E-state index is -0.624. The number of rotatable bonds is 4. The molecule has 2 atom stereocenters. The van der Waals surface area contributed by atoms with Gasteiger partial charge in [0.1, 0.15) is 11.6 Å². The second-order valence-electron chi connectivity index (χ2n) is 4.41. The fourth-order valence-electron chi connectivity index (χ4n) is 2.02. The van der Waals surface area contributed by atoms with E-state index in [-0.39, 0.29) is 11.9 Å². The molecule has 0 aliphatic carbocycles. The third-order valence-electron chi connectivity index (χ3n) is 3.10. The normalized spacial score (nSPS) is 20.3. The molecule has 1 aliphatic rings. The van der Waals surface area contributed by atoms with Crippen LogP contribution >= 0.6 is 11.8 Å². The molecule has 1 fully saturated rings. The Balaban J connectivity index is 2.08. The van der Waals surface area contributed by atoms with Crippen molar-refractivity contribution in [3.05, 3.63) is 35.4 Å². The molecule has 0 bridgehead atoms. The van der Waals surface area contributed by atoms with Crippen LogP contribution in [-0.4, -0.2) is 23.6 Å². The van der Waals surface area contributed by atoms with Gasteiger partial charge in [0.05, 0.1) is 12.1 Å². The van der Waals surface area contributed by atoms with Gasteiger partial charge in [-0.25, -0.2) is 8.78 Å². The van der Waals surface area contributed by atoms with Crippen molar-refractivity contribution in [2.45, 2.75) is 25.4 Å². The fourth-order valence-corrected chi connectivity index (χ4v) is 2.96. The van der Waals surface area contributed by atoms with Crippen LogP contribution in [0, 0.1) is 11.6 Å². The molecule has 2 unspecified atom stereocenters. The molecule has 1 heterocycles. The zero-order valence-corrected chi connectivity index (χ0v) is 11.4. The van der Waals surface area contributed by atoms with Crippen molar-refractivity contribution in [1.29, 1.82) is 0 Å². The second kappa shape index (κ2) is 6.34. The van der Waals surface area contributed by atoms with Crippen molar-refractivity contribution >= 4 is 17.7 Å². The van der Waals surface area contributed by atoms with Crippen LogP contribution in [0.4, 0.5) is 8.78 Å². The Hall–Kier alpha value is -1.14. The van der Waals surface area contributed by atoms with Crippen LogP contribution in [0.1, 0.15) is 24.9 Å². The van der Waals surface area contributed by atoms with E-state index in [2.05, 4.69) is 10.6 Å². The van der Waals surface area contributed by atoms with Crippen molar-refractivity contribution in [3.8, 4) is 0 Å². The number of hydrogen-bond donors (Lipinski definition) is 2. The molecule has 1 aromatic rings. The summed E-state index contributed by atoms with van der Waals surface area (Å²) in [7, 11) is 0. The van der Waals surface area contributed by atoms with Crippen molar-refractivity contribution < 1.29 is 13.6 Å². The highest BCUT2D eigenvalue weighted by Crippen LogP contribution is 2.21. The topological polar surface area (TPSA) is 41.1 Å². The first-order valence-corrected chi connectivity index (χ1v) is 7.33. The van der Waals surface area contributed by atoms with E-state index in [4.69, 9.17) is 0 Å². The van der Waals surface area contributed by atoms with Gasteiger partial charge in [-0.2, -0.15) is 0 Å². The molecule has 0 spiro atoms. The van der Waals surface area contributed by atoms with Crippen LogP contribution in [-0.2, 0) is 4.79 Å². The lowest BCUT2D eigenvalue weighted by molar-refractivity contribution is -0.123. The van der Waals surface area contributed by atoms with Gasteiger partial charge in [-0.15, -0.1) is 11.8 Å². The van der Waals surface area contributed by atoms with Crippen LogP contribution in [0.5, 0.6) is 0 Å². The average molecular weight is 286 g/mol. The van der Waals surface area contributed by atoms with E-state index in [0.717, 1.165) is 11.9 Å². The van der Waals surface area contributed by atoms with Gasteiger partial charge in [0, 0.05) is 23.3 Å². The Bertz CT molecular complexity index is 464. The maximum absolute atomic E-state index is 13.7. The quantitative estimate of drug-likeness (QED) is 0.891. The molecule has 2 N–H and O–H groups in total. The highest BCUT2D eigenvalue weighted by atomic mass is 32.2. The summed E-state index contributed by atoms with van der Waals surface area (Å²) in [5, 5.41) is 5.87. The molecule has 0 radical (unpaired) electrons. The lowest BCUT2D eigenvalue weighted by Crippen LogP contribution is -2.43. The first-order chi connectivity index (χ1) is 9.11. The van der Waals surface area contributed by atoms with Gasteiger partial charge in [-0.1, -0.05) is 13.0 Å². The fraction of sp³-hybridized carbons (Fsp3) is 0.462. The Labute approximate surface area is 115 Å². The molecule has 19 heavy (non-hydrogen) atoms. The third kappa shape index (κ3) is 3.45. The number of halogens is 2. The van der Waals surface area contributed by atoms with E-state index in [1.165, 1.54) is 12.1 Å². The second-order valence-corrected chi connectivity index (χ2v) is 5.44. The van der Waals surface area contributed by atoms with Crippen LogP contribution in [0.15, 0.2) is 18.2 Å². The zero-order chi connectivity index (χ0) is 13.8. The monoisotopic (exact) mass is 286 g/mol. The highest BCUT2D eigenvalue weighted by Gasteiger charge is 2.25. The average Bonchev–Trinajstić information content (AvgIpc) is 2.90. The number of carbonyl (C=O) groups is 1.